The van der Waals surface area contributed by atoms with E-state index in [9.17, 15) is 6.85 Å². The van der Waals surface area contributed by atoms with E-state index in [2.05, 4.69) is 6.07 Å². The van der Waals surface area contributed by atoms with E-state index in [1.165, 1.54) is 0 Å². The van der Waals surface area contributed by atoms with E-state index < -0.39 is 48.3 Å². The summed E-state index contributed by atoms with van der Waals surface area (Å²) in [6.07, 6.45) is 0. The summed E-state index contributed by atoms with van der Waals surface area (Å²) in [4.78, 5) is 0. The molecular formula is C44H28N2. The Hall–Kier alpha value is -6.12. The number of para-hydroxylation sites is 2. The summed E-state index contributed by atoms with van der Waals surface area (Å²) in [7, 11) is 0. The Morgan fingerprint density at radius 1 is 0.391 bits per heavy atom. The summed E-state index contributed by atoms with van der Waals surface area (Å²) >= 11 is 0. The molecule has 0 saturated heterocycles. The molecule has 2 nitrogen and oxygen atoms in total. The number of hydrogen-bond donors (Lipinski definition) is 0. The third-order valence-electron chi connectivity index (χ3n) is 8.70. The second-order valence-electron chi connectivity index (χ2n) is 11.3. The van der Waals surface area contributed by atoms with Gasteiger partial charge in [-0.15, -0.1) is 0 Å². The van der Waals surface area contributed by atoms with Gasteiger partial charge in [0.2, 0.25) is 0 Å². The van der Waals surface area contributed by atoms with Crippen LogP contribution in [0, 0.1) is 0 Å². The molecule has 0 aliphatic rings. The van der Waals surface area contributed by atoms with Gasteiger partial charge in [-0.3, -0.25) is 0 Å². The maximum atomic E-state index is 10.1. The number of rotatable bonds is 3. The molecule has 46 heavy (non-hydrogen) atoms. The largest absolute Gasteiger partial charge is 0.309 e. The molecule has 2 heterocycles. The van der Waals surface area contributed by atoms with Crippen LogP contribution in [-0.2, 0) is 0 Å². The van der Waals surface area contributed by atoms with Gasteiger partial charge >= 0.3 is 0 Å². The second-order valence-corrected chi connectivity index (χ2v) is 11.3. The van der Waals surface area contributed by atoms with Crippen molar-refractivity contribution in [3.05, 3.63) is 170 Å². The molecule has 10 aromatic rings. The van der Waals surface area contributed by atoms with E-state index in [-0.39, 0.29) is 78.6 Å². The highest BCUT2D eigenvalue weighted by Gasteiger charge is 2.20. The van der Waals surface area contributed by atoms with E-state index in [0.29, 0.717) is 11.4 Å². The smallest absolute Gasteiger partial charge is 0.0668 e. The molecule has 214 valence electrons. The van der Waals surface area contributed by atoms with Gasteiger partial charge in [0.05, 0.1) is 38.5 Å². The Kier molecular flexibility index (Phi) is 3.43. The Bertz CT molecular complexity index is 3480. The van der Waals surface area contributed by atoms with Crippen LogP contribution >= 0.6 is 0 Å². The van der Waals surface area contributed by atoms with Crippen molar-refractivity contribution in [2.24, 2.45) is 0 Å². The first-order chi connectivity index (χ1) is 27.8. The predicted molar refractivity (Wildman–Crippen MR) is 196 cm³/mol. The summed E-state index contributed by atoms with van der Waals surface area (Å²) < 4.78 is 113. The van der Waals surface area contributed by atoms with E-state index in [1.807, 2.05) is 54.6 Å². The maximum absolute atomic E-state index is 10.1. The average Bonchev–Trinajstić information content (AvgIpc) is 3.80. The molecule has 0 bridgehead atoms. The van der Waals surface area contributed by atoms with Gasteiger partial charge in [0.1, 0.15) is 0 Å². The second kappa shape index (κ2) is 9.69. The summed E-state index contributed by atoms with van der Waals surface area (Å²) in [5.74, 6) is 0. The monoisotopic (exact) mass is 596 g/mol. The van der Waals surface area contributed by atoms with Crippen molar-refractivity contribution in [1.29, 1.82) is 0 Å². The molecule has 0 aliphatic heterocycles. The minimum Gasteiger partial charge on any atom is -0.309 e. The number of aromatic nitrogens is 2. The van der Waals surface area contributed by atoms with Gasteiger partial charge in [0, 0.05) is 32.9 Å². The van der Waals surface area contributed by atoms with Crippen molar-refractivity contribution >= 4 is 65.2 Å². The quantitative estimate of drug-likeness (QED) is 0.192. The third kappa shape index (κ3) is 3.65. The summed E-state index contributed by atoms with van der Waals surface area (Å²) in [6.45, 7) is 0. The Morgan fingerprint density at radius 2 is 1.11 bits per heavy atom. The fourth-order valence-corrected chi connectivity index (χ4v) is 6.65. The van der Waals surface area contributed by atoms with E-state index in [0.717, 1.165) is 21.9 Å². The van der Waals surface area contributed by atoms with E-state index in [1.54, 1.807) is 45.5 Å². The first-order valence-corrected chi connectivity index (χ1v) is 14.9. The molecule has 2 aromatic heterocycles. The maximum Gasteiger partial charge on any atom is 0.0668 e. The van der Waals surface area contributed by atoms with Gasteiger partial charge in [-0.25, -0.2) is 0 Å². The highest BCUT2D eigenvalue weighted by molar-refractivity contribution is 6.25. The lowest BCUT2D eigenvalue weighted by atomic mass is 10.0. The third-order valence-corrected chi connectivity index (χ3v) is 8.70. The molecule has 0 saturated carbocycles. The number of hydrogen-bond acceptors (Lipinski definition) is 0. The predicted octanol–water partition coefficient (Wildman–Crippen LogP) is 11.9. The summed E-state index contributed by atoms with van der Waals surface area (Å²) in [5.41, 5.74) is 2.98. The fraction of sp³-hybridized carbons (Fsp3) is 0. The van der Waals surface area contributed by atoms with Crippen LogP contribution in [0.4, 0.5) is 0 Å². The SMILES string of the molecule is [2H]c1c([2H])c([2H])c2c(c1[2H])c([2H])c([2H])c1c2c2c([2H])c3c4c([2H])c([2H])c([2H])c([2H])c4n(-c4cccc(-c5ccc6ccccc6c5)c4)c3c([2H])c2n1-c1ccccc1. The molecule has 0 N–H and O–H groups in total. The van der Waals surface area contributed by atoms with E-state index >= 15 is 0 Å². The fourth-order valence-electron chi connectivity index (χ4n) is 6.65. The average molecular weight is 597 g/mol. The van der Waals surface area contributed by atoms with Gasteiger partial charge in [0.15, 0.2) is 0 Å². The van der Waals surface area contributed by atoms with Crippen molar-refractivity contribution in [3.8, 4) is 22.5 Å². The molecular weight excluding hydrogens is 556 g/mol. The zero-order valence-electron chi connectivity index (χ0n) is 36.1. The molecule has 0 spiro atoms. The van der Waals surface area contributed by atoms with Crippen LogP contribution in [-0.4, -0.2) is 9.13 Å². The molecule has 0 amide bonds. The molecule has 2 heteroatoms. The van der Waals surface area contributed by atoms with Crippen LogP contribution < -0.4 is 0 Å². The van der Waals surface area contributed by atoms with Crippen LogP contribution in [0.3, 0.4) is 0 Å². The Morgan fingerprint density at radius 3 is 2.02 bits per heavy atom. The Labute approximate surface area is 282 Å². The molecule has 0 aliphatic carbocycles. The molecule has 0 radical (unpaired) electrons. The van der Waals surface area contributed by atoms with Crippen LogP contribution in [0.5, 0.6) is 0 Å². The summed E-state index contributed by atoms with van der Waals surface area (Å²) in [5, 5.41) is 1.99. The number of nitrogens with zero attached hydrogens (tertiary/aromatic N) is 2. The highest BCUT2D eigenvalue weighted by Crippen LogP contribution is 2.42. The zero-order valence-corrected chi connectivity index (χ0v) is 24.1. The van der Waals surface area contributed by atoms with Crippen LogP contribution in [0.15, 0.2) is 170 Å². The topological polar surface area (TPSA) is 9.86 Å². The van der Waals surface area contributed by atoms with Crippen molar-refractivity contribution in [2.45, 2.75) is 0 Å². The molecule has 0 atom stereocenters. The number of fused-ring (bicyclic) bond motifs is 9. The zero-order chi connectivity index (χ0) is 40.6. The number of benzene rings is 8. The van der Waals surface area contributed by atoms with Gasteiger partial charge in [-0.05, 0) is 87.2 Å². The van der Waals surface area contributed by atoms with E-state index in [4.69, 9.17) is 9.60 Å². The lowest BCUT2D eigenvalue weighted by Crippen LogP contribution is -1.96. The standard InChI is InChI=1S/C44H28N2/c1-2-15-34(16-3-1)45-41-24-23-30-12-6-7-18-36(30)44(41)39-27-38-37-19-8-9-20-40(37)46(42(38)28-43(39)45)35-17-10-14-32(26-35)33-22-21-29-11-4-5-13-31(29)25-33/h1-28H/i6D,7D,8D,9D,12D,18D,19D,20D,23D,24D,27D,28D. The molecule has 0 fully saturated rings. The Balaban J connectivity index is 1.47. The first kappa shape index (κ1) is 16.3. The van der Waals surface area contributed by atoms with Crippen molar-refractivity contribution in [3.63, 3.8) is 0 Å². The first-order valence-electron chi connectivity index (χ1n) is 20.9. The minimum atomic E-state index is -0.573. The molecule has 10 rings (SSSR count). The summed E-state index contributed by atoms with van der Waals surface area (Å²) in [6, 6.07) is 25.1. The molecule has 8 aromatic carbocycles. The van der Waals surface area contributed by atoms with Crippen LogP contribution in [0.25, 0.3) is 87.7 Å². The van der Waals surface area contributed by atoms with Crippen LogP contribution in [0.2, 0.25) is 0 Å². The van der Waals surface area contributed by atoms with Gasteiger partial charge in [-0.2, -0.15) is 0 Å². The minimum absolute atomic E-state index is 0.00698. The van der Waals surface area contributed by atoms with Crippen molar-refractivity contribution < 1.29 is 16.4 Å². The van der Waals surface area contributed by atoms with Crippen molar-refractivity contribution in [1.82, 2.24) is 9.13 Å². The molecule has 0 unspecified atom stereocenters. The van der Waals surface area contributed by atoms with Gasteiger partial charge in [-0.1, -0.05) is 115 Å². The lowest BCUT2D eigenvalue weighted by Gasteiger charge is -2.12. The van der Waals surface area contributed by atoms with Crippen LogP contribution in [0.1, 0.15) is 16.4 Å². The van der Waals surface area contributed by atoms with Crippen molar-refractivity contribution in [2.75, 3.05) is 0 Å². The normalized spacial score (nSPS) is 15.6. The highest BCUT2D eigenvalue weighted by atomic mass is 15.0. The lowest BCUT2D eigenvalue weighted by molar-refractivity contribution is 1.17. The van der Waals surface area contributed by atoms with Gasteiger partial charge < -0.3 is 9.13 Å². The van der Waals surface area contributed by atoms with Gasteiger partial charge in [0.25, 0.3) is 0 Å².